The minimum atomic E-state index is 0. The summed E-state index contributed by atoms with van der Waals surface area (Å²) in [5.41, 5.74) is 8.99. The number of halogens is 1. The number of hydrogen-bond donors (Lipinski definition) is 2. The van der Waals surface area contributed by atoms with Crippen LogP contribution in [-0.2, 0) is 17.9 Å². The zero-order chi connectivity index (χ0) is 18.9. The van der Waals surface area contributed by atoms with Crippen LogP contribution in [-0.4, -0.2) is 13.1 Å². The first kappa shape index (κ1) is 21.7. The van der Waals surface area contributed by atoms with Crippen molar-refractivity contribution in [2.75, 3.05) is 12.4 Å². The number of nitrogens with two attached hydrogens (primary N) is 1. The van der Waals surface area contributed by atoms with Crippen LogP contribution < -0.4 is 15.8 Å². The zero-order valence-electron chi connectivity index (χ0n) is 15.7. The number of benzene rings is 3. The van der Waals surface area contributed by atoms with Gasteiger partial charge in [-0.05, 0) is 35.9 Å². The highest BCUT2D eigenvalue weighted by atomic mass is 127. The maximum atomic E-state index is 6.02. The Morgan fingerprint density at radius 2 is 1.54 bits per heavy atom. The Kier molecular flexibility index (Phi) is 8.77. The van der Waals surface area contributed by atoms with Gasteiger partial charge in [-0.2, -0.15) is 0 Å². The van der Waals surface area contributed by atoms with Crippen LogP contribution in [0, 0.1) is 0 Å². The Bertz CT molecular complexity index is 884. The van der Waals surface area contributed by atoms with Gasteiger partial charge in [0, 0.05) is 18.4 Å². The van der Waals surface area contributed by atoms with Gasteiger partial charge in [0.2, 0.25) is 0 Å². The fourth-order valence-corrected chi connectivity index (χ4v) is 2.57. The molecule has 0 saturated carbocycles. The average molecular weight is 489 g/mol. The lowest BCUT2D eigenvalue weighted by molar-refractivity contribution is 0.185. The number of para-hydroxylation sites is 2. The van der Waals surface area contributed by atoms with Crippen molar-refractivity contribution in [2.45, 2.75) is 13.2 Å². The van der Waals surface area contributed by atoms with E-state index in [4.69, 9.17) is 15.2 Å². The van der Waals surface area contributed by atoms with Crippen molar-refractivity contribution in [3.8, 4) is 11.5 Å². The van der Waals surface area contributed by atoms with Crippen molar-refractivity contribution in [1.29, 1.82) is 0 Å². The fourth-order valence-electron chi connectivity index (χ4n) is 2.57. The predicted molar refractivity (Wildman–Crippen MR) is 124 cm³/mol. The van der Waals surface area contributed by atoms with E-state index >= 15 is 0 Å². The van der Waals surface area contributed by atoms with Gasteiger partial charge < -0.3 is 20.5 Å². The number of nitrogens with zero attached hydrogens (tertiary/aromatic N) is 1. The summed E-state index contributed by atoms with van der Waals surface area (Å²) in [4.78, 5) is 4.41. The number of methoxy groups -OCH3 is 1. The molecule has 3 aromatic rings. The lowest BCUT2D eigenvalue weighted by atomic mass is 10.2. The number of guanidine groups is 1. The van der Waals surface area contributed by atoms with Crippen molar-refractivity contribution < 1.29 is 9.47 Å². The molecule has 0 saturated heterocycles. The van der Waals surface area contributed by atoms with E-state index in [-0.39, 0.29) is 24.0 Å². The molecular formula is C22H24IN3O2. The maximum absolute atomic E-state index is 6.02. The fraction of sp³-hybridized carbons (Fsp3) is 0.136. The molecule has 3 rings (SSSR count). The molecule has 146 valence electrons. The molecule has 0 atom stereocenters. The second-order valence-corrected chi connectivity index (χ2v) is 5.98. The van der Waals surface area contributed by atoms with Crippen molar-refractivity contribution >= 4 is 35.6 Å². The van der Waals surface area contributed by atoms with Gasteiger partial charge in [-0.15, -0.1) is 24.0 Å². The van der Waals surface area contributed by atoms with Crippen LogP contribution >= 0.6 is 24.0 Å². The summed E-state index contributed by atoms with van der Waals surface area (Å²) < 4.78 is 11.0. The van der Waals surface area contributed by atoms with E-state index in [0.717, 1.165) is 28.3 Å². The summed E-state index contributed by atoms with van der Waals surface area (Å²) in [6.45, 7) is 0.996. The third-order valence-electron chi connectivity index (χ3n) is 3.91. The third kappa shape index (κ3) is 6.54. The highest BCUT2D eigenvalue weighted by molar-refractivity contribution is 14.0. The molecule has 0 aliphatic rings. The maximum Gasteiger partial charge on any atom is 0.193 e. The molecule has 0 fully saturated rings. The Hall–Kier alpha value is -2.58. The largest absolute Gasteiger partial charge is 0.457 e. The number of nitrogens with one attached hydrogen (secondary N) is 1. The van der Waals surface area contributed by atoms with Gasteiger partial charge in [-0.1, -0.05) is 48.5 Å². The SMILES string of the molecule is COCc1ccccc1NC(N)=NCc1ccc(Oc2ccccc2)cc1.I. The second-order valence-electron chi connectivity index (χ2n) is 5.98. The zero-order valence-corrected chi connectivity index (χ0v) is 18.0. The minimum absolute atomic E-state index is 0. The normalized spacial score (nSPS) is 10.8. The molecule has 3 N–H and O–H groups in total. The number of ether oxygens (including phenoxy) is 2. The minimum Gasteiger partial charge on any atom is -0.457 e. The van der Waals surface area contributed by atoms with Crippen molar-refractivity contribution in [3.05, 3.63) is 90.0 Å². The summed E-state index contributed by atoms with van der Waals surface area (Å²) in [6, 6.07) is 25.4. The van der Waals surface area contributed by atoms with Crippen molar-refractivity contribution in [2.24, 2.45) is 10.7 Å². The van der Waals surface area contributed by atoms with Crippen molar-refractivity contribution in [3.63, 3.8) is 0 Å². The first-order chi connectivity index (χ1) is 13.2. The molecule has 0 bridgehead atoms. The standard InChI is InChI=1S/C22H23N3O2.HI/c1-26-16-18-7-5-6-10-21(18)25-22(23)24-15-17-11-13-20(14-12-17)27-19-8-3-2-4-9-19;/h2-14H,15-16H2,1H3,(H3,23,24,25);1H. The van der Waals surface area contributed by atoms with E-state index < -0.39 is 0 Å². The smallest absolute Gasteiger partial charge is 0.193 e. The monoisotopic (exact) mass is 489 g/mol. The van der Waals surface area contributed by atoms with Crippen molar-refractivity contribution in [1.82, 2.24) is 0 Å². The summed E-state index contributed by atoms with van der Waals surface area (Å²) in [7, 11) is 1.67. The number of rotatable bonds is 7. The van der Waals surface area contributed by atoms with E-state index in [1.807, 2.05) is 78.9 Å². The van der Waals surface area contributed by atoms with Crippen LogP contribution in [0.25, 0.3) is 0 Å². The molecule has 0 aliphatic carbocycles. The van der Waals surface area contributed by atoms with Gasteiger partial charge >= 0.3 is 0 Å². The molecular weight excluding hydrogens is 465 g/mol. The Morgan fingerprint density at radius 3 is 2.25 bits per heavy atom. The van der Waals surface area contributed by atoms with Gasteiger partial charge in [0.05, 0.1) is 13.2 Å². The Morgan fingerprint density at radius 1 is 0.893 bits per heavy atom. The molecule has 0 unspecified atom stereocenters. The van der Waals surface area contributed by atoms with E-state index in [2.05, 4.69) is 10.3 Å². The molecule has 0 spiro atoms. The molecule has 0 radical (unpaired) electrons. The van der Waals surface area contributed by atoms with Gasteiger partial charge in [-0.3, -0.25) is 0 Å². The van der Waals surface area contributed by atoms with Gasteiger partial charge in [-0.25, -0.2) is 4.99 Å². The summed E-state index contributed by atoms with van der Waals surface area (Å²) in [6.07, 6.45) is 0. The molecule has 0 aromatic heterocycles. The number of hydrogen-bond acceptors (Lipinski definition) is 3. The molecule has 0 heterocycles. The van der Waals surface area contributed by atoms with Gasteiger partial charge in [0.15, 0.2) is 5.96 Å². The Balaban J connectivity index is 0.00000280. The Labute approximate surface area is 182 Å². The molecule has 5 nitrogen and oxygen atoms in total. The van der Waals surface area contributed by atoms with E-state index in [1.54, 1.807) is 7.11 Å². The quantitative estimate of drug-likeness (QED) is 0.273. The van der Waals surface area contributed by atoms with Crippen LogP contribution in [0.3, 0.4) is 0 Å². The van der Waals surface area contributed by atoms with E-state index in [9.17, 15) is 0 Å². The van der Waals surface area contributed by atoms with Crippen LogP contribution in [0.1, 0.15) is 11.1 Å². The second kappa shape index (κ2) is 11.3. The molecule has 28 heavy (non-hydrogen) atoms. The molecule has 6 heteroatoms. The first-order valence-corrected chi connectivity index (χ1v) is 8.70. The average Bonchev–Trinajstić information content (AvgIpc) is 2.70. The molecule has 0 aliphatic heterocycles. The number of aliphatic imine (C=N–C) groups is 1. The lowest BCUT2D eigenvalue weighted by Crippen LogP contribution is -2.23. The van der Waals surface area contributed by atoms with Crippen LogP contribution in [0.2, 0.25) is 0 Å². The first-order valence-electron chi connectivity index (χ1n) is 8.70. The van der Waals surface area contributed by atoms with Crippen LogP contribution in [0.5, 0.6) is 11.5 Å². The topological polar surface area (TPSA) is 68.9 Å². The summed E-state index contributed by atoms with van der Waals surface area (Å²) in [5, 5.41) is 3.13. The predicted octanol–water partition coefficient (Wildman–Crippen LogP) is 5.17. The van der Waals surface area contributed by atoms with Crippen LogP contribution in [0.4, 0.5) is 5.69 Å². The third-order valence-corrected chi connectivity index (χ3v) is 3.91. The molecule has 3 aromatic carbocycles. The highest BCUT2D eigenvalue weighted by Gasteiger charge is 2.03. The summed E-state index contributed by atoms with van der Waals surface area (Å²) >= 11 is 0. The molecule has 0 amide bonds. The highest BCUT2D eigenvalue weighted by Crippen LogP contribution is 2.21. The van der Waals surface area contributed by atoms with E-state index in [0.29, 0.717) is 19.1 Å². The van der Waals surface area contributed by atoms with Gasteiger partial charge in [0.25, 0.3) is 0 Å². The van der Waals surface area contributed by atoms with Gasteiger partial charge in [0.1, 0.15) is 11.5 Å². The number of anilines is 1. The van der Waals surface area contributed by atoms with E-state index in [1.165, 1.54) is 0 Å². The lowest BCUT2D eigenvalue weighted by Gasteiger charge is -2.11. The summed E-state index contributed by atoms with van der Waals surface area (Å²) in [5.74, 6) is 1.96. The van der Waals surface area contributed by atoms with Crippen LogP contribution in [0.15, 0.2) is 83.9 Å².